The first kappa shape index (κ1) is 6.52. The van der Waals surface area contributed by atoms with E-state index in [9.17, 15) is 0 Å². The van der Waals surface area contributed by atoms with Crippen molar-refractivity contribution in [3.8, 4) is 0 Å². The van der Waals surface area contributed by atoms with Crippen LogP contribution < -0.4 is 0 Å². The molecule has 1 nitrogen and oxygen atoms in total. The fourth-order valence-corrected chi connectivity index (χ4v) is 0. The van der Waals surface area contributed by atoms with Gasteiger partial charge in [-0.3, -0.25) is 0 Å². The van der Waals surface area contributed by atoms with Gasteiger partial charge in [-0.2, -0.15) is 0 Å². The second-order valence-corrected chi connectivity index (χ2v) is 18.1. The van der Waals surface area contributed by atoms with Crippen LogP contribution in [0.1, 0.15) is 0 Å². The molecule has 0 aliphatic rings. The molecule has 0 unspecified atom stereocenters. The van der Waals surface area contributed by atoms with Crippen molar-refractivity contribution in [1.29, 1.82) is 0 Å². The average molecular weight is 152 g/mol. The van der Waals surface area contributed by atoms with Crippen LogP contribution in [0.2, 0.25) is 22.8 Å². The van der Waals surface area contributed by atoms with E-state index in [0.29, 0.717) is 0 Å². The molecule has 0 aliphatic heterocycles. The first-order chi connectivity index (χ1) is 2.24. The Labute approximate surface area is 40.4 Å². The molecule has 0 heterocycles. The van der Waals surface area contributed by atoms with Gasteiger partial charge in [0.1, 0.15) is 0 Å². The van der Waals surface area contributed by atoms with E-state index in [0.717, 1.165) is 0 Å². The van der Waals surface area contributed by atoms with Crippen LogP contribution in [-0.4, -0.2) is 16.9 Å². The van der Waals surface area contributed by atoms with Gasteiger partial charge in [0.15, 0.2) is 0 Å². The molecule has 0 bridgehead atoms. The maximum absolute atomic E-state index is 9.17. The van der Waals surface area contributed by atoms with Crippen molar-refractivity contribution in [3.05, 3.63) is 0 Å². The number of hydrogen-bond donors (Lipinski definition) is 1. The molecular weight excluding hydrogens is 139 g/mol. The molecule has 0 amide bonds. The molecule has 6 heavy (non-hydrogen) atoms. The number of rotatable bonds is 0. The third-order valence-electron chi connectivity index (χ3n) is 0. The summed E-state index contributed by atoms with van der Waals surface area (Å²) in [6.07, 6.45) is 0. The van der Waals surface area contributed by atoms with Crippen LogP contribution in [0, 0.1) is 0 Å². The molecule has 0 aromatic carbocycles. The van der Waals surface area contributed by atoms with Gasteiger partial charge in [-0.25, -0.2) is 0 Å². The summed E-state index contributed by atoms with van der Waals surface area (Å²) >= 11 is -2.49. The summed E-state index contributed by atoms with van der Waals surface area (Å²) < 4.78 is 9.17. The van der Waals surface area contributed by atoms with E-state index < -0.39 is 12.8 Å². The molecular formula is C4H13AsO. The van der Waals surface area contributed by atoms with Crippen molar-refractivity contribution in [2.24, 2.45) is 0 Å². The predicted octanol–water partition coefficient (Wildman–Crippen LogP) is 1.40. The fraction of sp³-hybridized carbons (Fsp3) is 1.00. The van der Waals surface area contributed by atoms with Crippen molar-refractivity contribution < 1.29 is 4.10 Å². The van der Waals surface area contributed by atoms with Crippen molar-refractivity contribution >= 4 is 12.8 Å². The summed E-state index contributed by atoms with van der Waals surface area (Å²) in [6, 6.07) is 0. The Morgan fingerprint density at radius 3 is 1.00 bits per heavy atom. The van der Waals surface area contributed by atoms with Gasteiger partial charge in [-0.15, -0.1) is 0 Å². The third kappa shape index (κ3) is 208. The van der Waals surface area contributed by atoms with Gasteiger partial charge in [0.25, 0.3) is 0 Å². The van der Waals surface area contributed by atoms with Crippen molar-refractivity contribution in [2.75, 3.05) is 0 Å². The van der Waals surface area contributed by atoms with Crippen molar-refractivity contribution in [1.82, 2.24) is 0 Å². The fourth-order valence-electron chi connectivity index (χ4n) is 0. The molecule has 0 aromatic rings. The summed E-state index contributed by atoms with van der Waals surface area (Å²) in [4.78, 5) is 0. The van der Waals surface area contributed by atoms with Gasteiger partial charge in [0.05, 0.1) is 0 Å². The van der Waals surface area contributed by atoms with Crippen LogP contribution >= 0.6 is 0 Å². The normalized spacial score (nSPS) is 19.2. The Bertz CT molecular complexity index is 40.7. The van der Waals surface area contributed by atoms with Gasteiger partial charge in [-0.1, -0.05) is 0 Å². The van der Waals surface area contributed by atoms with Crippen LogP contribution in [0.4, 0.5) is 0 Å². The summed E-state index contributed by atoms with van der Waals surface area (Å²) in [6.45, 7) is 0. The van der Waals surface area contributed by atoms with Crippen molar-refractivity contribution in [3.63, 3.8) is 0 Å². The topological polar surface area (TPSA) is 20.2 Å². The average Bonchev–Trinajstić information content (AvgIpc) is 0.650. The van der Waals surface area contributed by atoms with Gasteiger partial charge in [-0.05, 0) is 0 Å². The molecule has 0 saturated heterocycles. The molecule has 0 saturated carbocycles. The molecule has 0 rings (SSSR count). The Morgan fingerprint density at radius 1 is 1.00 bits per heavy atom. The number of hydrogen-bond acceptors (Lipinski definition) is 1. The molecule has 0 atom stereocenters. The van der Waals surface area contributed by atoms with E-state index in [-0.39, 0.29) is 0 Å². The van der Waals surface area contributed by atoms with E-state index in [1.807, 2.05) is 22.8 Å². The molecule has 40 valence electrons. The van der Waals surface area contributed by atoms with Gasteiger partial charge < -0.3 is 0 Å². The summed E-state index contributed by atoms with van der Waals surface area (Å²) in [7, 11) is 0. The van der Waals surface area contributed by atoms with E-state index in [4.69, 9.17) is 4.10 Å². The Balaban J connectivity index is 3.73. The molecule has 0 aromatic heterocycles. The van der Waals surface area contributed by atoms with Gasteiger partial charge >= 0.3 is 39.7 Å². The minimum atomic E-state index is -2.49. The van der Waals surface area contributed by atoms with Crippen LogP contribution in [0.3, 0.4) is 0 Å². The zero-order valence-electron chi connectivity index (χ0n) is 4.89. The summed E-state index contributed by atoms with van der Waals surface area (Å²) in [5.41, 5.74) is 7.77. The molecule has 0 aliphatic carbocycles. The minimum absolute atomic E-state index is 1.94. The first-order valence-corrected chi connectivity index (χ1v) is 10.3. The quantitative estimate of drug-likeness (QED) is 0.520. The zero-order chi connectivity index (χ0) is 5.45. The molecule has 0 radical (unpaired) electrons. The van der Waals surface area contributed by atoms with Crippen LogP contribution in [0.15, 0.2) is 0 Å². The SMILES string of the molecule is C[As](C)(C)(C)O. The van der Waals surface area contributed by atoms with Gasteiger partial charge in [0, 0.05) is 0 Å². The predicted molar refractivity (Wildman–Crippen MR) is 31.4 cm³/mol. The molecule has 0 fully saturated rings. The summed E-state index contributed by atoms with van der Waals surface area (Å²) in [5, 5.41) is 0. The Morgan fingerprint density at radius 2 is 1.00 bits per heavy atom. The standard InChI is InChI=1S/C4H13AsO/c1-5(2,3,4)6/h6H,1-4H3. The second kappa shape index (κ2) is 1.02. The monoisotopic (exact) mass is 152 g/mol. The molecule has 2 heteroatoms. The first-order valence-electron chi connectivity index (χ1n) is 1.99. The zero-order valence-corrected chi connectivity index (χ0v) is 6.77. The van der Waals surface area contributed by atoms with E-state index in [1.54, 1.807) is 0 Å². The van der Waals surface area contributed by atoms with Crippen LogP contribution in [0.5, 0.6) is 0 Å². The Hall–Kier alpha value is 0.518. The second-order valence-electron chi connectivity index (χ2n) is 3.48. The van der Waals surface area contributed by atoms with E-state index >= 15 is 0 Å². The Kier molecular flexibility index (Phi) is 1.11. The van der Waals surface area contributed by atoms with Gasteiger partial charge in [0.2, 0.25) is 0 Å². The summed E-state index contributed by atoms with van der Waals surface area (Å²) in [5.74, 6) is 0. The third-order valence-corrected chi connectivity index (χ3v) is 0. The molecule has 0 spiro atoms. The molecule has 1 N–H and O–H groups in total. The maximum atomic E-state index is 9.17. The van der Waals surface area contributed by atoms with E-state index in [2.05, 4.69) is 0 Å². The van der Waals surface area contributed by atoms with E-state index in [1.165, 1.54) is 0 Å². The van der Waals surface area contributed by atoms with Crippen molar-refractivity contribution in [2.45, 2.75) is 22.8 Å². The van der Waals surface area contributed by atoms with Crippen LogP contribution in [0.25, 0.3) is 0 Å². The van der Waals surface area contributed by atoms with Crippen LogP contribution in [-0.2, 0) is 0 Å².